The number of rotatable bonds is 4. The van der Waals surface area contributed by atoms with Crippen LogP contribution >= 0.6 is 0 Å². The van der Waals surface area contributed by atoms with Gasteiger partial charge in [-0.1, -0.05) is 18.6 Å². The van der Waals surface area contributed by atoms with E-state index in [1.165, 1.54) is 0 Å². The van der Waals surface area contributed by atoms with Crippen LogP contribution in [0.4, 0.5) is 0 Å². The lowest BCUT2D eigenvalue weighted by atomic mass is 9.91. The van der Waals surface area contributed by atoms with Crippen molar-refractivity contribution in [1.82, 2.24) is 15.5 Å². The Morgan fingerprint density at radius 1 is 1.19 bits per heavy atom. The van der Waals surface area contributed by atoms with E-state index in [2.05, 4.69) is 10.6 Å². The van der Waals surface area contributed by atoms with Gasteiger partial charge < -0.3 is 16.0 Å². The fraction of sp³-hybridized carbons (Fsp3) is 0.550. The van der Waals surface area contributed by atoms with E-state index in [9.17, 15) is 14.4 Å². The van der Waals surface area contributed by atoms with Crippen LogP contribution in [0.3, 0.4) is 0 Å². The number of carbonyl (C=O) groups is 3. The zero-order valence-corrected chi connectivity index (χ0v) is 15.4. The van der Waals surface area contributed by atoms with E-state index in [4.69, 9.17) is 5.73 Å². The lowest BCUT2D eigenvalue weighted by molar-refractivity contribution is -0.136. The number of fused-ring (bicyclic) bond motifs is 1. The van der Waals surface area contributed by atoms with Crippen LogP contribution in [-0.4, -0.2) is 40.7 Å². The number of benzene rings is 1. The number of hydrogen-bond acceptors (Lipinski definition) is 5. The van der Waals surface area contributed by atoms with Crippen molar-refractivity contribution in [3.8, 4) is 0 Å². The summed E-state index contributed by atoms with van der Waals surface area (Å²) in [4.78, 5) is 38.0. The van der Waals surface area contributed by atoms with Gasteiger partial charge in [-0.15, -0.1) is 0 Å². The van der Waals surface area contributed by atoms with Gasteiger partial charge in [-0.25, -0.2) is 0 Å². The monoisotopic (exact) mass is 370 g/mol. The van der Waals surface area contributed by atoms with Gasteiger partial charge in [-0.3, -0.25) is 19.7 Å². The Morgan fingerprint density at radius 3 is 2.81 bits per heavy atom. The highest BCUT2D eigenvalue weighted by Crippen LogP contribution is 2.30. The Hall–Kier alpha value is -2.25. The third-order valence-corrected chi connectivity index (χ3v) is 5.98. The summed E-state index contributed by atoms with van der Waals surface area (Å²) < 4.78 is 0. The molecule has 3 amide bonds. The summed E-state index contributed by atoms with van der Waals surface area (Å²) in [6.45, 7) is 1.11. The zero-order valence-electron chi connectivity index (χ0n) is 15.4. The molecular weight excluding hydrogens is 344 g/mol. The van der Waals surface area contributed by atoms with Gasteiger partial charge in [-0.05, 0) is 42.9 Å². The van der Waals surface area contributed by atoms with E-state index in [0.29, 0.717) is 31.1 Å². The molecule has 1 unspecified atom stereocenters. The van der Waals surface area contributed by atoms with Crippen LogP contribution in [0.1, 0.15) is 60.0 Å². The molecule has 4 rings (SSSR count). The third-order valence-electron chi connectivity index (χ3n) is 5.98. The molecule has 7 heteroatoms. The summed E-state index contributed by atoms with van der Waals surface area (Å²) in [5.41, 5.74) is 8.82. The molecule has 1 aliphatic carbocycles. The zero-order chi connectivity index (χ0) is 19.0. The summed E-state index contributed by atoms with van der Waals surface area (Å²) in [6, 6.07) is 5.86. The molecule has 0 radical (unpaired) electrons. The van der Waals surface area contributed by atoms with Crippen molar-refractivity contribution in [2.24, 2.45) is 5.73 Å². The molecule has 0 aromatic heterocycles. The van der Waals surface area contributed by atoms with Gasteiger partial charge in [0.1, 0.15) is 6.04 Å². The molecule has 27 heavy (non-hydrogen) atoms. The van der Waals surface area contributed by atoms with Gasteiger partial charge in [0.25, 0.3) is 5.91 Å². The molecule has 3 aliphatic rings. The molecule has 1 saturated heterocycles. The molecule has 7 nitrogen and oxygen atoms in total. The number of hydrogen-bond donors (Lipinski definition) is 3. The van der Waals surface area contributed by atoms with Crippen molar-refractivity contribution in [3.05, 3.63) is 34.9 Å². The molecule has 4 N–H and O–H groups in total. The standard InChI is InChI=1S/C20H26N4O3/c21-13-4-2-5-14(9-13)22-10-12-3-1-6-15-16(12)11-24(20(15)27)17-7-8-18(25)23-19(17)26/h1,3,6,13-14,17,22H,2,4-5,7-11,21H2,(H,23,25,26)/t13-,14+,17?/m1/s1. The summed E-state index contributed by atoms with van der Waals surface area (Å²) in [7, 11) is 0. The van der Waals surface area contributed by atoms with Gasteiger partial charge >= 0.3 is 0 Å². The Morgan fingerprint density at radius 2 is 2.04 bits per heavy atom. The van der Waals surface area contributed by atoms with Gasteiger partial charge in [0.15, 0.2) is 0 Å². The number of carbonyl (C=O) groups excluding carboxylic acids is 3. The molecule has 1 saturated carbocycles. The minimum atomic E-state index is -0.570. The van der Waals surface area contributed by atoms with Crippen LogP contribution in [0, 0.1) is 0 Å². The van der Waals surface area contributed by atoms with Crippen LogP contribution in [0.15, 0.2) is 18.2 Å². The lowest BCUT2D eigenvalue weighted by Gasteiger charge is -2.29. The summed E-state index contributed by atoms with van der Waals surface area (Å²) >= 11 is 0. The Labute approximate surface area is 158 Å². The van der Waals surface area contributed by atoms with E-state index in [-0.39, 0.29) is 30.2 Å². The van der Waals surface area contributed by atoms with Crippen LogP contribution in [0.2, 0.25) is 0 Å². The molecule has 2 fully saturated rings. The first-order valence-electron chi connectivity index (χ1n) is 9.77. The molecule has 0 bridgehead atoms. The number of nitrogens with two attached hydrogens (primary N) is 1. The normalized spacial score (nSPS) is 28.3. The van der Waals surface area contributed by atoms with Gasteiger partial charge in [-0.2, -0.15) is 0 Å². The van der Waals surface area contributed by atoms with Gasteiger partial charge in [0.05, 0.1) is 0 Å². The molecule has 1 aromatic rings. The van der Waals surface area contributed by atoms with Crippen molar-refractivity contribution < 1.29 is 14.4 Å². The van der Waals surface area contributed by atoms with Crippen molar-refractivity contribution in [3.63, 3.8) is 0 Å². The van der Waals surface area contributed by atoms with E-state index < -0.39 is 6.04 Å². The highest BCUT2D eigenvalue weighted by molar-refractivity contribution is 6.05. The van der Waals surface area contributed by atoms with Gasteiger partial charge in [0.2, 0.25) is 11.8 Å². The fourth-order valence-corrected chi connectivity index (χ4v) is 4.48. The topological polar surface area (TPSA) is 105 Å². The second-order valence-corrected chi connectivity index (χ2v) is 7.85. The predicted octanol–water partition coefficient (Wildman–Crippen LogP) is 0.807. The summed E-state index contributed by atoms with van der Waals surface area (Å²) in [5.74, 6) is -0.764. The van der Waals surface area contributed by atoms with E-state index in [1.807, 2.05) is 18.2 Å². The number of nitrogens with one attached hydrogen (secondary N) is 2. The van der Waals surface area contributed by atoms with E-state index in [0.717, 1.165) is 36.8 Å². The van der Waals surface area contributed by atoms with Crippen molar-refractivity contribution in [2.75, 3.05) is 0 Å². The maximum Gasteiger partial charge on any atom is 0.255 e. The molecule has 0 spiro atoms. The maximum atomic E-state index is 12.8. The molecular formula is C20H26N4O3. The molecule has 1 aromatic carbocycles. The van der Waals surface area contributed by atoms with E-state index in [1.54, 1.807) is 4.90 Å². The molecule has 2 aliphatic heterocycles. The molecule has 3 atom stereocenters. The number of imide groups is 1. The van der Waals surface area contributed by atoms with E-state index >= 15 is 0 Å². The second-order valence-electron chi connectivity index (χ2n) is 7.85. The Bertz CT molecular complexity index is 778. The van der Waals surface area contributed by atoms with Crippen LogP contribution < -0.4 is 16.4 Å². The first kappa shape index (κ1) is 18.1. The van der Waals surface area contributed by atoms with Crippen LogP contribution in [0.25, 0.3) is 0 Å². The summed E-state index contributed by atoms with van der Waals surface area (Å²) in [5, 5.41) is 5.93. The van der Waals surface area contributed by atoms with Crippen LogP contribution in [0.5, 0.6) is 0 Å². The third kappa shape index (κ3) is 3.61. The van der Waals surface area contributed by atoms with Crippen molar-refractivity contribution in [2.45, 2.75) is 69.7 Å². The number of amides is 3. The average molecular weight is 370 g/mol. The first-order valence-corrected chi connectivity index (χ1v) is 9.77. The highest BCUT2D eigenvalue weighted by atomic mass is 16.2. The number of piperidine rings is 1. The van der Waals surface area contributed by atoms with Crippen molar-refractivity contribution >= 4 is 17.7 Å². The quantitative estimate of drug-likeness (QED) is 0.680. The molecule has 144 valence electrons. The second kappa shape index (κ2) is 7.40. The fourth-order valence-electron chi connectivity index (χ4n) is 4.48. The predicted molar refractivity (Wildman–Crippen MR) is 99.6 cm³/mol. The average Bonchev–Trinajstić information content (AvgIpc) is 2.97. The maximum absolute atomic E-state index is 12.8. The first-order chi connectivity index (χ1) is 13.0. The van der Waals surface area contributed by atoms with Crippen molar-refractivity contribution in [1.29, 1.82) is 0 Å². The summed E-state index contributed by atoms with van der Waals surface area (Å²) in [6.07, 6.45) is 5.01. The molecule has 2 heterocycles. The van der Waals surface area contributed by atoms with Gasteiger partial charge in [0, 0.05) is 37.2 Å². The Kier molecular flexibility index (Phi) is 4.97. The smallest absolute Gasteiger partial charge is 0.255 e. The highest BCUT2D eigenvalue weighted by Gasteiger charge is 2.39. The SMILES string of the molecule is N[C@@H]1CCC[C@H](NCc2cccc3c2CN(C2CCC(=O)NC2=O)C3=O)C1. The number of nitrogens with zero attached hydrogens (tertiary/aromatic N) is 1. The Balaban J connectivity index is 1.47. The lowest BCUT2D eigenvalue weighted by Crippen LogP contribution is -2.52. The minimum absolute atomic E-state index is 0.124. The van der Waals surface area contributed by atoms with Crippen LogP contribution in [-0.2, 0) is 22.7 Å². The largest absolute Gasteiger partial charge is 0.328 e. The minimum Gasteiger partial charge on any atom is -0.328 e.